The van der Waals surface area contributed by atoms with Crippen LogP contribution in [0.25, 0.3) is 0 Å². The first-order chi connectivity index (χ1) is 15.4. The van der Waals surface area contributed by atoms with Gasteiger partial charge in [-0.3, -0.25) is 9.59 Å². The molecule has 0 aliphatic heterocycles. The van der Waals surface area contributed by atoms with Crippen LogP contribution in [-0.2, 0) is 21.2 Å². The van der Waals surface area contributed by atoms with Crippen molar-refractivity contribution < 1.29 is 17.9 Å². The van der Waals surface area contributed by atoms with E-state index in [9.17, 15) is 18.0 Å². The zero-order valence-corrected chi connectivity index (χ0v) is 20.6. The number of halogens is 1. The Morgan fingerprint density at radius 2 is 1.70 bits per heavy atom. The number of hydrogen-bond acceptors (Lipinski definition) is 5. The third kappa shape index (κ3) is 4.96. The van der Waals surface area contributed by atoms with Gasteiger partial charge in [0.1, 0.15) is 17.2 Å². The van der Waals surface area contributed by atoms with Crippen molar-refractivity contribution in [2.45, 2.75) is 44.0 Å². The second-order valence-electron chi connectivity index (χ2n) is 7.84. The Bertz CT molecular complexity index is 1410. The standard InChI is InChI=1S/C24H25ClN2O5S/c1-14-6-8-19(11-15(14)2)33(30,31)23-16(3)10-17(4)27(24(23)29)13-22(28)26-18-7-9-21(32-5)20(25)12-18/h6-12H,13H2,1-5H3,(H,26,28). The van der Waals surface area contributed by atoms with Gasteiger partial charge in [0.2, 0.25) is 15.7 Å². The van der Waals surface area contributed by atoms with E-state index >= 15 is 0 Å². The van der Waals surface area contributed by atoms with E-state index in [1.807, 2.05) is 13.8 Å². The summed E-state index contributed by atoms with van der Waals surface area (Å²) in [5.41, 5.74) is 2.23. The van der Waals surface area contributed by atoms with E-state index in [2.05, 4.69) is 5.32 Å². The maximum Gasteiger partial charge on any atom is 0.270 e. The van der Waals surface area contributed by atoms with Gasteiger partial charge in [-0.15, -0.1) is 0 Å². The van der Waals surface area contributed by atoms with Crippen LogP contribution in [0.3, 0.4) is 0 Å². The Labute approximate surface area is 197 Å². The molecule has 0 saturated heterocycles. The lowest BCUT2D eigenvalue weighted by Crippen LogP contribution is -2.33. The number of nitrogens with one attached hydrogen (secondary N) is 1. The molecule has 33 heavy (non-hydrogen) atoms. The number of benzene rings is 2. The van der Waals surface area contributed by atoms with Gasteiger partial charge in [-0.2, -0.15) is 0 Å². The summed E-state index contributed by atoms with van der Waals surface area (Å²) >= 11 is 6.09. The van der Waals surface area contributed by atoms with Crippen molar-refractivity contribution >= 4 is 33.0 Å². The van der Waals surface area contributed by atoms with Crippen molar-refractivity contribution in [2.75, 3.05) is 12.4 Å². The van der Waals surface area contributed by atoms with Crippen LogP contribution in [0.1, 0.15) is 22.4 Å². The van der Waals surface area contributed by atoms with Crippen LogP contribution in [0, 0.1) is 27.7 Å². The minimum absolute atomic E-state index is 0.0403. The summed E-state index contributed by atoms with van der Waals surface area (Å²) in [6.07, 6.45) is 0. The van der Waals surface area contributed by atoms with E-state index < -0.39 is 21.3 Å². The highest BCUT2D eigenvalue weighted by atomic mass is 35.5. The molecule has 9 heteroatoms. The molecule has 0 spiro atoms. The highest BCUT2D eigenvalue weighted by Crippen LogP contribution is 2.27. The number of carbonyl (C=O) groups excluding carboxylic acids is 1. The maximum atomic E-state index is 13.3. The van der Waals surface area contributed by atoms with Crippen LogP contribution in [0.4, 0.5) is 5.69 Å². The predicted octanol–water partition coefficient (Wildman–Crippen LogP) is 4.22. The third-order valence-electron chi connectivity index (χ3n) is 5.44. The van der Waals surface area contributed by atoms with E-state index in [0.717, 1.165) is 15.7 Å². The Kier molecular flexibility index (Phi) is 7.00. The van der Waals surface area contributed by atoms with E-state index in [-0.39, 0.29) is 16.3 Å². The number of amides is 1. The topological polar surface area (TPSA) is 94.5 Å². The number of aryl methyl sites for hydroxylation is 4. The van der Waals surface area contributed by atoms with Gasteiger partial charge in [-0.1, -0.05) is 17.7 Å². The first kappa shape index (κ1) is 24.5. The normalized spacial score (nSPS) is 11.3. The molecule has 0 saturated carbocycles. The SMILES string of the molecule is COc1ccc(NC(=O)Cn2c(C)cc(C)c(S(=O)(=O)c3ccc(C)c(C)c3)c2=O)cc1Cl. The van der Waals surface area contributed by atoms with E-state index in [4.69, 9.17) is 16.3 Å². The first-order valence-corrected chi connectivity index (χ1v) is 12.0. The fourth-order valence-electron chi connectivity index (χ4n) is 3.52. The molecule has 0 fully saturated rings. The van der Waals surface area contributed by atoms with Crippen molar-refractivity contribution in [1.82, 2.24) is 4.57 Å². The number of anilines is 1. The second-order valence-corrected chi connectivity index (χ2v) is 10.1. The van der Waals surface area contributed by atoms with Gasteiger partial charge in [-0.05, 0) is 80.8 Å². The average molecular weight is 489 g/mol. The Morgan fingerprint density at radius 3 is 2.30 bits per heavy atom. The Balaban J connectivity index is 1.98. The van der Waals surface area contributed by atoms with Gasteiger partial charge in [0, 0.05) is 11.4 Å². The van der Waals surface area contributed by atoms with Gasteiger partial charge in [0.25, 0.3) is 5.56 Å². The average Bonchev–Trinajstić information content (AvgIpc) is 2.72. The molecule has 0 bridgehead atoms. The largest absolute Gasteiger partial charge is 0.495 e. The summed E-state index contributed by atoms with van der Waals surface area (Å²) in [4.78, 5) is 25.6. The molecule has 1 heterocycles. The monoisotopic (exact) mass is 488 g/mol. The van der Waals surface area contributed by atoms with Gasteiger partial charge in [0.05, 0.1) is 17.0 Å². The lowest BCUT2D eigenvalue weighted by molar-refractivity contribution is -0.116. The van der Waals surface area contributed by atoms with Crippen LogP contribution in [0.15, 0.2) is 57.1 Å². The summed E-state index contributed by atoms with van der Waals surface area (Å²) in [5, 5.41) is 2.99. The zero-order valence-electron chi connectivity index (χ0n) is 19.0. The molecule has 3 aromatic rings. The predicted molar refractivity (Wildman–Crippen MR) is 128 cm³/mol. The zero-order chi connectivity index (χ0) is 24.5. The molecule has 1 aromatic heterocycles. The lowest BCUT2D eigenvalue weighted by atomic mass is 10.1. The maximum absolute atomic E-state index is 13.3. The lowest BCUT2D eigenvalue weighted by Gasteiger charge is -2.15. The second kappa shape index (κ2) is 9.41. The molecule has 0 atom stereocenters. The molecule has 0 aliphatic carbocycles. The molecule has 174 valence electrons. The van der Waals surface area contributed by atoms with Gasteiger partial charge in [0.15, 0.2) is 0 Å². The number of sulfone groups is 1. The summed E-state index contributed by atoms with van der Waals surface area (Å²) in [6.45, 7) is 6.56. The number of methoxy groups -OCH3 is 1. The van der Waals surface area contributed by atoms with Crippen molar-refractivity contribution in [3.05, 3.63) is 80.2 Å². The highest BCUT2D eigenvalue weighted by molar-refractivity contribution is 7.91. The summed E-state index contributed by atoms with van der Waals surface area (Å²) in [7, 11) is -2.60. The molecule has 2 aromatic carbocycles. The summed E-state index contributed by atoms with van der Waals surface area (Å²) in [6, 6.07) is 11.1. The number of hydrogen-bond donors (Lipinski definition) is 1. The highest BCUT2D eigenvalue weighted by Gasteiger charge is 2.26. The van der Waals surface area contributed by atoms with E-state index in [1.54, 1.807) is 44.2 Å². The summed E-state index contributed by atoms with van der Waals surface area (Å²) < 4.78 is 32.9. The van der Waals surface area contributed by atoms with Crippen LogP contribution >= 0.6 is 11.6 Å². The fourth-order valence-corrected chi connectivity index (χ4v) is 5.41. The smallest absolute Gasteiger partial charge is 0.270 e. The van der Waals surface area contributed by atoms with Crippen molar-refractivity contribution in [2.24, 2.45) is 0 Å². The molecule has 7 nitrogen and oxygen atoms in total. The van der Waals surface area contributed by atoms with Crippen molar-refractivity contribution in [3.63, 3.8) is 0 Å². The number of aromatic nitrogens is 1. The molecule has 0 aliphatic rings. The van der Waals surface area contributed by atoms with E-state index in [0.29, 0.717) is 27.7 Å². The summed E-state index contributed by atoms with van der Waals surface area (Å²) in [5.74, 6) is -0.0405. The van der Waals surface area contributed by atoms with Gasteiger partial charge < -0.3 is 14.6 Å². The minimum Gasteiger partial charge on any atom is -0.495 e. The Morgan fingerprint density at radius 1 is 1.00 bits per heavy atom. The number of pyridine rings is 1. The van der Waals surface area contributed by atoms with Crippen LogP contribution < -0.4 is 15.6 Å². The quantitative estimate of drug-likeness (QED) is 0.560. The van der Waals surface area contributed by atoms with Crippen LogP contribution in [-0.4, -0.2) is 26.0 Å². The minimum atomic E-state index is -4.08. The molecule has 1 amide bonds. The molecular formula is C24H25ClN2O5S. The Hall–Kier alpha value is -3.10. The molecule has 3 rings (SSSR count). The van der Waals surface area contributed by atoms with Crippen molar-refractivity contribution in [1.29, 1.82) is 0 Å². The van der Waals surface area contributed by atoms with Crippen LogP contribution in [0.2, 0.25) is 5.02 Å². The molecule has 0 unspecified atom stereocenters. The molecular weight excluding hydrogens is 464 g/mol. The number of carbonyl (C=O) groups is 1. The number of ether oxygens (including phenoxy) is 1. The number of nitrogens with zero attached hydrogens (tertiary/aromatic N) is 1. The molecule has 1 N–H and O–H groups in total. The molecule has 0 radical (unpaired) electrons. The number of rotatable bonds is 6. The first-order valence-electron chi connectivity index (χ1n) is 10.1. The van der Waals surface area contributed by atoms with Crippen LogP contribution in [0.5, 0.6) is 5.75 Å². The van der Waals surface area contributed by atoms with Crippen molar-refractivity contribution in [3.8, 4) is 5.75 Å². The van der Waals surface area contributed by atoms with Gasteiger partial charge >= 0.3 is 0 Å². The fraction of sp³-hybridized carbons (Fsp3) is 0.250. The van der Waals surface area contributed by atoms with E-state index in [1.165, 1.54) is 19.2 Å². The third-order valence-corrected chi connectivity index (χ3v) is 7.65. The van der Waals surface area contributed by atoms with Gasteiger partial charge in [-0.25, -0.2) is 8.42 Å².